The minimum atomic E-state index is -0.250. The highest BCUT2D eigenvalue weighted by Crippen LogP contribution is 2.26. The van der Waals surface area contributed by atoms with Crippen LogP contribution in [0.25, 0.3) is 0 Å². The molecule has 0 aromatic heterocycles. The summed E-state index contributed by atoms with van der Waals surface area (Å²) in [4.78, 5) is 40.1. The van der Waals surface area contributed by atoms with Crippen molar-refractivity contribution in [3.05, 3.63) is 29.8 Å². The van der Waals surface area contributed by atoms with Gasteiger partial charge >= 0.3 is 0 Å². The zero-order valence-electron chi connectivity index (χ0n) is 19.0. The van der Waals surface area contributed by atoms with Crippen molar-refractivity contribution >= 4 is 24.0 Å². The van der Waals surface area contributed by atoms with Gasteiger partial charge in [0.2, 0.25) is 5.91 Å². The number of carbonyl (C=O) groups excluding carboxylic acids is 2. The number of carbonyl (C=O) groups is 3. The number of anilines is 1. The molecule has 3 aliphatic rings. The van der Waals surface area contributed by atoms with Gasteiger partial charge < -0.3 is 20.2 Å². The van der Waals surface area contributed by atoms with Gasteiger partial charge in [0.05, 0.1) is 0 Å². The van der Waals surface area contributed by atoms with Gasteiger partial charge in [-0.2, -0.15) is 0 Å². The summed E-state index contributed by atoms with van der Waals surface area (Å²) in [6.45, 7) is 4.45. The van der Waals surface area contributed by atoms with Crippen LogP contribution in [0.1, 0.15) is 55.3 Å². The van der Waals surface area contributed by atoms with Crippen LogP contribution in [-0.2, 0) is 9.59 Å². The lowest BCUT2D eigenvalue weighted by Gasteiger charge is -2.27. The van der Waals surface area contributed by atoms with Gasteiger partial charge in [-0.15, -0.1) is 0 Å². The highest BCUT2D eigenvalue weighted by molar-refractivity contribution is 5.94. The fraction of sp³-hybridized carbons (Fsp3) is 0.625. The quantitative estimate of drug-likeness (QED) is 0.654. The van der Waals surface area contributed by atoms with E-state index in [9.17, 15) is 9.59 Å². The summed E-state index contributed by atoms with van der Waals surface area (Å²) in [5, 5.41) is 9.99. The standard InChI is InChI=1S/C23H34N4O2.CH2O2/c1-25-20(16-22(28)27-14-4-5-15-27)10-11-21(25)17-24-23(29)18-6-8-19(9-7-18)26-12-2-3-13-26;2-1-3/h6-9,20-21H,2-5,10-17H2,1H3,(H,24,29);1H,(H,2,3)/t20-,21+;/m1./s1. The van der Waals surface area contributed by atoms with Gasteiger partial charge in [0.25, 0.3) is 12.4 Å². The monoisotopic (exact) mass is 444 g/mol. The maximum absolute atomic E-state index is 12.6. The summed E-state index contributed by atoms with van der Waals surface area (Å²) in [5.41, 5.74) is 1.93. The van der Waals surface area contributed by atoms with Crippen LogP contribution >= 0.6 is 0 Å². The van der Waals surface area contributed by atoms with Crippen molar-refractivity contribution in [1.82, 2.24) is 15.1 Å². The molecule has 8 nitrogen and oxygen atoms in total. The Kier molecular flexibility index (Phi) is 8.90. The number of carboxylic acid groups (broad SMARTS) is 1. The van der Waals surface area contributed by atoms with Gasteiger partial charge in [-0.1, -0.05) is 0 Å². The summed E-state index contributed by atoms with van der Waals surface area (Å²) in [6, 6.07) is 8.57. The smallest absolute Gasteiger partial charge is 0.290 e. The van der Waals surface area contributed by atoms with Gasteiger partial charge in [-0.3, -0.25) is 19.3 Å². The van der Waals surface area contributed by atoms with E-state index in [0.29, 0.717) is 36.5 Å². The summed E-state index contributed by atoms with van der Waals surface area (Å²) in [5.74, 6) is 0.282. The maximum Gasteiger partial charge on any atom is 0.290 e. The Morgan fingerprint density at radius 3 is 2.19 bits per heavy atom. The van der Waals surface area contributed by atoms with Crippen LogP contribution < -0.4 is 10.2 Å². The molecule has 3 aliphatic heterocycles. The molecule has 1 aromatic rings. The lowest BCUT2D eigenvalue weighted by Crippen LogP contribution is -2.42. The van der Waals surface area contributed by atoms with Crippen molar-refractivity contribution < 1.29 is 19.5 Å². The first-order chi connectivity index (χ1) is 15.5. The summed E-state index contributed by atoms with van der Waals surface area (Å²) in [6.07, 6.45) is 7.45. The molecule has 3 fully saturated rings. The second-order valence-electron chi connectivity index (χ2n) is 8.90. The summed E-state index contributed by atoms with van der Waals surface area (Å²) in [7, 11) is 2.09. The van der Waals surface area contributed by atoms with Crippen LogP contribution in [0.15, 0.2) is 24.3 Å². The first kappa shape index (κ1) is 24.0. The van der Waals surface area contributed by atoms with Gasteiger partial charge in [-0.05, 0) is 69.8 Å². The number of likely N-dealkylation sites (N-methyl/N-ethyl adjacent to an activating group) is 1. The zero-order chi connectivity index (χ0) is 22.9. The van der Waals surface area contributed by atoms with Crippen LogP contribution in [0.4, 0.5) is 5.69 Å². The van der Waals surface area contributed by atoms with Crippen molar-refractivity contribution in [1.29, 1.82) is 0 Å². The van der Waals surface area contributed by atoms with E-state index in [-0.39, 0.29) is 12.4 Å². The molecule has 0 spiro atoms. The highest BCUT2D eigenvalue weighted by atomic mass is 16.3. The minimum Gasteiger partial charge on any atom is -0.483 e. The molecule has 3 saturated heterocycles. The molecule has 176 valence electrons. The van der Waals surface area contributed by atoms with E-state index in [2.05, 4.69) is 34.3 Å². The molecule has 1 aromatic carbocycles. The predicted molar refractivity (Wildman–Crippen MR) is 124 cm³/mol. The molecule has 0 unspecified atom stereocenters. The average molecular weight is 445 g/mol. The molecule has 0 bridgehead atoms. The Labute approximate surface area is 190 Å². The zero-order valence-corrected chi connectivity index (χ0v) is 19.0. The Morgan fingerprint density at radius 1 is 1.00 bits per heavy atom. The second-order valence-corrected chi connectivity index (χ2v) is 8.90. The first-order valence-corrected chi connectivity index (χ1v) is 11.7. The Balaban J connectivity index is 0.000000913. The number of hydrogen-bond donors (Lipinski definition) is 2. The first-order valence-electron chi connectivity index (χ1n) is 11.7. The van der Waals surface area contributed by atoms with Gasteiger partial charge in [0, 0.05) is 62.5 Å². The van der Waals surface area contributed by atoms with Crippen LogP contribution in [0.5, 0.6) is 0 Å². The maximum atomic E-state index is 12.6. The Bertz CT molecular complexity index is 758. The van der Waals surface area contributed by atoms with E-state index in [1.165, 1.54) is 18.5 Å². The number of hydrogen-bond acceptors (Lipinski definition) is 5. The molecule has 3 heterocycles. The topological polar surface area (TPSA) is 93.2 Å². The lowest BCUT2D eigenvalue weighted by molar-refractivity contribution is -0.131. The normalized spacial score (nSPS) is 23.0. The van der Waals surface area contributed by atoms with Crippen molar-refractivity contribution in [3.8, 4) is 0 Å². The van der Waals surface area contributed by atoms with Crippen molar-refractivity contribution in [2.45, 2.75) is 57.0 Å². The summed E-state index contributed by atoms with van der Waals surface area (Å²) < 4.78 is 0. The predicted octanol–water partition coefficient (Wildman–Crippen LogP) is 2.19. The third-order valence-corrected chi connectivity index (χ3v) is 6.95. The lowest BCUT2D eigenvalue weighted by atomic mass is 10.1. The molecule has 2 N–H and O–H groups in total. The van der Waals surface area contributed by atoms with E-state index < -0.39 is 0 Å². The molecule has 4 rings (SSSR count). The molecule has 2 amide bonds. The van der Waals surface area contributed by atoms with Gasteiger partial charge in [0.1, 0.15) is 0 Å². The minimum absolute atomic E-state index is 0.0111. The average Bonchev–Trinajstić information content (AvgIpc) is 3.57. The summed E-state index contributed by atoms with van der Waals surface area (Å²) >= 11 is 0. The SMILES string of the molecule is CN1[C@@H](CC(=O)N2CCCC2)CC[C@H]1CNC(=O)c1ccc(N2CCCC2)cc1.O=CO. The number of likely N-dealkylation sites (tertiary alicyclic amines) is 2. The Hall–Kier alpha value is -2.61. The second kappa shape index (κ2) is 11.9. The van der Waals surface area contributed by atoms with E-state index in [1.807, 2.05) is 17.0 Å². The molecule has 0 aliphatic carbocycles. The fourth-order valence-electron chi connectivity index (χ4n) is 4.99. The van der Waals surface area contributed by atoms with Crippen LogP contribution in [0, 0.1) is 0 Å². The van der Waals surface area contributed by atoms with Crippen molar-refractivity contribution in [3.63, 3.8) is 0 Å². The fourth-order valence-corrected chi connectivity index (χ4v) is 4.99. The molecule has 32 heavy (non-hydrogen) atoms. The molecule has 0 radical (unpaired) electrons. The molecular formula is C24H36N4O4. The molecular weight excluding hydrogens is 408 g/mol. The molecule has 2 atom stereocenters. The largest absolute Gasteiger partial charge is 0.483 e. The van der Waals surface area contributed by atoms with Crippen molar-refractivity contribution in [2.75, 3.05) is 44.7 Å². The van der Waals surface area contributed by atoms with Crippen LogP contribution in [0.2, 0.25) is 0 Å². The van der Waals surface area contributed by atoms with Crippen LogP contribution in [0.3, 0.4) is 0 Å². The number of amides is 2. The number of rotatable bonds is 6. The van der Waals surface area contributed by atoms with E-state index >= 15 is 0 Å². The van der Waals surface area contributed by atoms with E-state index in [1.54, 1.807) is 0 Å². The highest BCUT2D eigenvalue weighted by Gasteiger charge is 2.33. The van der Waals surface area contributed by atoms with Crippen molar-refractivity contribution in [2.24, 2.45) is 0 Å². The van der Waals surface area contributed by atoms with Gasteiger partial charge in [-0.25, -0.2) is 0 Å². The third kappa shape index (κ3) is 6.22. The number of nitrogens with zero attached hydrogens (tertiary/aromatic N) is 3. The third-order valence-electron chi connectivity index (χ3n) is 6.95. The number of nitrogens with one attached hydrogen (secondary N) is 1. The Morgan fingerprint density at radius 2 is 1.56 bits per heavy atom. The van der Waals surface area contributed by atoms with E-state index in [0.717, 1.165) is 51.9 Å². The van der Waals surface area contributed by atoms with Crippen LogP contribution in [-0.4, -0.2) is 85.0 Å². The van der Waals surface area contributed by atoms with E-state index in [4.69, 9.17) is 9.90 Å². The van der Waals surface area contributed by atoms with Gasteiger partial charge in [0.15, 0.2) is 0 Å². The molecule has 0 saturated carbocycles. The molecule has 8 heteroatoms. The number of benzene rings is 1.